The molecule has 94 valence electrons. The third-order valence-corrected chi connectivity index (χ3v) is 4.71. The molecule has 0 bridgehead atoms. The summed E-state index contributed by atoms with van der Waals surface area (Å²) in [5.41, 5.74) is 1.47. The fourth-order valence-electron chi connectivity index (χ4n) is 2.19. The van der Waals surface area contributed by atoms with Crippen LogP contribution in [0.1, 0.15) is 21.7 Å². The fourth-order valence-corrected chi connectivity index (χ4v) is 3.70. The van der Waals surface area contributed by atoms with Crippen LogP contribution >= 0.6 is 27.3 Å². The van der Waals surface area contributed by atoms with E-state index in [1.807, 2.05) is 11.3 Å². The molecule has 0 atom stereocenters. The van der Waals surface area contributed by atoms with Crippen molar-refractivity contribution in [1.29, 1.82) is 0 Å². The minimum Gasteiger partial charge on any atom is -0.363 e. The van der Waals surface area contributed by atoms with Gasteiger partial charge in [0.2, 0.25) is 0 Å². The predicted octanol–water partition coefficient (Wildman–Crippen LogP) is 4.15. The molecule has 3 rings (SSSR count). The van der Waals surface area contributed by atoms with Crippen molar-refractivity contribution in [1.82, 2.24) is 4.98 Å². The minimum atomic E-state index is -0.325. The van der Waals surface area contributed by atoms with Crippen LogP contribution in [0.25, 0.3) is 0 Å². The number of anilines is 1. The lowest BCUT2D eigenvalue weighted by Gasteiger charge is -2.05. The molecule has 0 saturated heterocycles. The Bertz CT molecular complexity index is 561. The van der Waals surface area contributed by atoms with Gasteiger partial charge in [-0.25, -0.2) is 9.37 Å². The normalized spacial score (nSPS) is 13.7. The van der Waals surface area contributed by atoms with Crippen LogP contribution in [0.3, 0.4) is 0 Å². The Labute approximate surface area is 117 Å². The molecule has 0 spiro atoms. The van der Waals surface area contributed by atoms with Crippen LogP contribution in [0.2, 0.25) is 0 Å². The largest absolute Gasteiger partial charge is 0.363 e. The Morgan fingerprint density at radius 1 is 1.39 bits per heavy atom. The van der Waals surface area contributed by atoms with Crippen LogP contribution in [0.15, 0.2) is 22.8 Å². The van der Waals surface area contributed by atoms with Gasteiger partial charge >= 0.3 is 0 Å². The molecular formula is C13H12BrFN2S. The smallest absolute Gasteiger partial charge is 0.166 e. The Hall–Kier alpha value is -0.940. The second-order valence-electron chi connectivity index (χ2n) is 4.35. The number of hydrogen-bond acceptors (Lipinski definition) is 3. The zero-order valence-electron chi connectivity index (χ0n) is 9.67. The van der Waals surface area contributed by atoms with E-state index in [1.165, 1.54) is 40.6 Å². The third kappa shape index (κ3) is 2.42. The molecule has 18 heavy (non-hydrogen) atoms. The van der Waals surface area contributed by atoms with Crippen LogP contribution in [0.5, 0.6) is 0 Å². The topological polar surface area (TPSA) is 24.9 Å². The highest BCUT2D eigenvalue weighted by atomic mass is 79.9. The van der Waals surface area contributed by atoms with E-state index < -0.39 is 0 Å². The summed E-state index contributed by atoms with van der Waals surface area (Å²) in [6.07, 6.45) is 5.26. The molecule has 0 radical (unpaired) electrons. The Balaban J connectivity index is 1.70. The van der Waals surface area contributed by atoms with Gasteiger partial charge in [-0.1, -0.05) is 0 Å². The Kier molecular flexibility index (Phi) is 3.35. The van der Waals surface area contributed by atoms with E-state index in [9.17, 15) is 4.39 Å². The van der Waals surface area contributed by atoms with Crippen molar-refractivity contribution in [3.63, 3.8) is 0 Å². The van der Waals surface area contributed by atoms with Crippen LogP contribution < -0.4 is 5.32 Å². The van der Waals surface area contributed by atoms with Gasteiger partial charge in [0.05, 0.1) is 6.54 Å². The second-order valence-corrected chi connectivity index (χ2v) is 6.49. The molecule has 0 aliphatic heterocycles. The highest BCUT2D eigenvalue weighted by Gasteiger charge is 2.14. The van der Waals surface area contributed by atoms with Crippen molar-refractivity contribution < 1.29 is 4.39 Å². The number of nitrogens with zero attached hydrogens (tertiary/aromatic N) is 1. The first-order valence-corrected chi connectivity index (χ1v) is 7.49. The number of nitrogens with one attached hydrogen (secondary N) is 1. The summed E-state index contributed by atoms with van der Waals surface area (Å²) < 4.78 is 14.2. The Morgan fingerprint density at radius 2 is 2.28 bits per heavy atom. The van der Waals surface area contributed by atoms with E-state index in [0.29, 0.717) is 16.8 Å². The zero-order chi connectivity index (χ0) is 12.5. The number of aryl methyl sites for hydroxylation is 2. The molecule has 0 amide bonds. The summed E-state index contributed by atoms with van der Waals surface area (Å²) in [4.78, 5) is 6.78. The Morgan fingerprint density at radius 3 is 3.06 bits per heavy atom. The number of fused-ring (bicyclic) bond motifs is 1. The second kappa shape index (κ2) is 4.97. The molecule has 2 heterocycles. The number of aromatic nitrogens is 1. The molecule has 2 nitrogen and oxygen atoms in total. The average Bonchev–Trinajstić information content (AvgIpc) is 2.88. The van der Waals surface area contributed by atoms with E-state index in [-0.39, 0.29) is 5.82 Å². The molecule has 5 heteroatoms. The van der Waals surface area contributed by atoms with Crippen molar-refractivity contribution in [2.75, 3.05) is 5.32 Å². The number of hydrogen-bond donors (Lipinski definition) is 1. The maximum absolute atomic E-state index is 13.6. The molecule has 0 unspecified atom stereocenters. The van der Waals surface area contributed by atoms with Crippen molar-refractivity contribution in [3.05, 3.63) is 43.9 Å². The predicted molar refractivity (Wildman–Crippen MR) is 75.6 cm³/mol. The molecule has 1 N–H and O–H groups in total. The van der Waals surface area contributed by atoms with Gasteiger partial charge in [0.1, 0.15) is 0 Å². The number of thiophene rings is 1. The van der Waals surface area contributed by atoms with Crippen LogP contribution in [0, 0.1) is 5.82 Å². The summed E-state index contributed by atoms with van der Waals surface area (Å²) >= 11 is 5.02. The quantitative estimate of drug-likeness (QED) is 0.916. The van der Waals surface area contributed by atoms with E-state index in [0.717, 1.165) is 0 Å². The molecule has 2 aromatic heterocycles. The molecule has 2 aromatic rings. The molecule has 1 aliphatic rings. The summed E-state index contributed by atoms with van der Waals surface area (Å²) in [5, 5.41) is 3.05. The minimum absolute atomic E-state index is 0.312. The maximum atomic E-state index is 13.6. The summed E-state index contributed by atoms with van der Waals surface area (Å²) in [7, 11) is 0. The van der Waals surface area contributed by atoms with Crippen molar-refractivity contribution >= 4 is 33.1 Å². The molecule has 0 saturated carbocycles. The maximum Gasteiger partial charge on any atom is 0.166 e. The zero-order valence-corrected chi connectivity index (χ0v) is 12.1. The summed E-state index contributed by atoms with van der Waals surface area (Å²) in [6, 6.07) is 3.65. The first kappa shape index (κ1) is 12.1. The fraction of sp³-hybridized carbons (Fsp3) is 0.308. The lowest BCUT2D eigenvalue weighted by Crippen LogP contribution is -2.02. The van der Waals surface area contributed by atoms with Crippen LogP contribution in [-0.2, 0) is 19.4 Å². The lowest BCUT2D eigenvalue weighted by molar-refractivity contribution is 0.623. The third-order valence-electron chi connectivity index (χ3n) is 3.04. The van der Waals surface area contributed by atoms with Gasteiger partial charge < -0.3 is 5.32 Å². The van der Waals surface area contributed by atoms with E-state index in [2.05, 4.69) is 32.3 Å². The molecular weight excluding hydrogens is 315 g/mol. The van der Waals surface area contributed by atoms with E-state index in [4.69, 9.17) is 0 Å². The van der Waals surface area contributed by atoms with Crippen molar-refractivity contribution in [2.45, 2.75) is 25.8 Å². The number of halogens is 2. The average molecular weight is 327 g/mol. The first-order valence-electron chi connectivity index (χ1n) is 5.88. The molecule has 1 aliphatic carbocycles. The van der Waals surface area contributed by atoms with Gasteiger partial charge in [-0.05, 0) is 52.9 Å². The van der Waals surface area contributed by atoms with E-state index in [1.54, 1.807) is 6.20 Å². The standard InChI is InChI=1S/C13H12BrFN2S/c14-9-5-11(15)13(16-6-9)17-7-10-4-8-2-1-3-12(8)18-10/h4-6H,1-3,7H2,(H,16,17). The first-order chi connectivity index (χ1) is 8.72. The molecule has 0 aromatic carbocycles. The number of rotatable bonds is 3. The summed E-state index contributed by atoms with van der Waals surface area (Å²) in [6.45, 7) is 0.642. The number of pyridine rings is 1. The SMILES string of the molecule is Fc1cc(Br)cnc1NCc1cc2c(s1)CCC2. The van der Waals surface area contributed by atoms with Gasteiger partial charge in [-0.15, -0.1) is 11.3 Å². The van der Waals surface area contributed by atoms with Gasteiger partial charge in [0.25, 0.3) is 0 Å². The van der Waals surface area contributed by atoms with Crippen LogP contribution in [0.4, 0.5) is 10.2 Å². The van der Waals surface area contributed by atoms with Crippen molar-refractivity contribution in [3.8, 4) is 0 Å². The van der Waals surface area contributed by atoms with Gasteiger partial charge in [0.15, 0.2) is 11.6 Å². The van der Waals surface area contributed by atoms with Gasteiger partial charge in [-0.3, -0.25) is 0 Å². The highest BCUT2D eigenvalue weighted by molar-refractivity contribution is 9.10. The van der Waals surface area contributed by atoms with Gasteiger partial charge in [-0.2, -0.15) is 0 Å². The molecule has 0 fully saturated rings. The van der Waals surface area contributed by atoms with E-state index >= 15 is 0 Å². The summed E-state index contributed by atoms with van der Waals surface area (Å²) in [5.74, 6) is -0.0137. The monoisotopic (exact) mass is 326 g/mol. The van der Waals surface area contributed by atoms with Crippen molar-refractivity contribution in [2.24, 2.45) is 0 Å². The lowest BCUT2D eigenvalue weighted by atomic mass is 10.2. The van der Waals surface area contributed by atoms with Gasteiger partial charge in [0, 0.05) is 20.4 Å². The highest BCUT2D eigenvalue weighted by Crippen LogP contribution is 2.31. The van der Waals surface area contributed by atoms with Crippen LogP contribution in [-0.4, -0.2) is 4.98 Å².